The fraction of sp³-hybridized carbons (Fsp3) is 0.188. The number of carbonyl (C=O) groups is 2. The Balaban J connectivity index is 1.88. The van der Waals surface area contributed by atoms with Crippen LogP contribution in [0.15, 0.2) is 59.8 Å². The summed E-state index contributed by atoms with van der Waals surface area (Å²) in [4.78, 5) is 27.3. The van der Waals surface area contributed by atoms with Crippen molar-refractivity contribution in [1.29, 1.82) is 0 Å². The number of rotatable bonds is 7. The third-order valence-corrected chi connectivity index (χ3v) is 3.91. The van der Waals surface area contributed by atoms with Gasteiger partial charge in [-0.05, 0) is 17.7 Å². The van der Waals surface area contributed by atoms with Crippen molar-refractivity contribution in [3.8, 4) is 0 Å². The predicted octanol–water partition coefficient (Wildman–Crippen LogP) is 1.99. The monoisotopic (exact) mass is 316 g/mol. The molecule has 1 amide bonds. The maximum atomic E-state index is 11.9. The van der Waals surface area contributed by atoms with Crippen LogP contribution in [0.2, 0.25) is 0 Å². The molecule has 1 aromatic carbocycles. The van der Waals surface area contributed by atoms with Crippen molar-refractivity contribution < 1.29 is 14.7 Å². The Morgan fingerprint density at radius 1 is 1.14 bits per heavy atom. The zero-order chi connectivity index (χ0) is 15.8. The van der Waals surface area contributed by atoms with E-state index in [0.29, 0.717) is 0 Å². The number of amides is 1. The Bertz CT molecular complexity index is 620. The summed E-state index contributed by atoms with van der Waals surface area (Å²) in [6, 6.07) is 13.7. The maximum Gasteiger partial charge on any atom is 0.327 e. The van der Waals surface area contributed by atoms with Crippen molar-refractivity contribution in [3.05, 3.63) is 60.3 Å². The number of thioether (sulfide) groups is 1. The molecule has 0 saturated heterocycles. The van der Waals surface area contributed by atoms with Crippen LogP contribution in [0.3, 0.4) is 0 Å². The van der Waals surface area contributed by atoms with Gasteiger partial charge in [0.25, 0.3) is 0 Å². The van der Waals surface area contributed by atoms with Crippen LogP contribution in [0.1, 0.15) is 5.56 Å². The Morgan fingerprint density at radius 3 is 2.50 bits per heavy atom. The van der Waals surface area contributed by atoms with E-state index in [0.717, 1.165) is 10.6 Å². The predicted molar refractivity (Wildman–Crippen MR) is 84.7 cm³/mol. The second-order valence-electron chi connectivity index (χ2n) is 4.60. The Labute approximate surface area is 132 Å². The van der Waals surface area contributed by atoms with Gasteiger partial charge in [-0.15, -0.1) is 11.8 Å². The second-order valence-corrected chi connectivity index (χ2v) is 5.64. The third kappa shape index (κ3) is 5.21. The van der Waals surface area contributed by atoms with Crippen molar-refractivity contribution in [2.24, 2.45) is 0 Å². The zero-order valence-corrected chi connectivity index (χ0v) is 12.6. The lowest BCUT2D eigenvalue weighted by atomic mass is 10.1. The zero-order valence-electron chi connectivity index (χ0n) is 11.8. The minimum absolute atomic E-state index is 0.166. The van der Waals surface area contributed by atoms with Crippen LogP contribution in [0.4, 0.5) is 0 Å². The Hall–Kier alpha value is -2.34. The van der Waals surface area contributed by atoms with Gasteiger partial charge in [-0.25, -0.2) is 9.78 Å². The smallest absolute Gasteiger partial charge is 0.327 e. The van der Waals surface area contributed by atoms with Crippen molar-refractivity contribution in [2.45, 2.75) is 17.5 Å². The summed E-state index contributed by atoms with van der Waals surface area (Å²) < 4.78 is 0. The number of hydrogen-bond donors (Lipinski definition) is 2. The van der Waals surface area contributed by atoms with Gasteiger partial charge >= 0.3 is 5.97 Å². The van der Waals surface area contributed by atoms with Gasteiger partial charge in [0.05, 0.1) is 11.4 Å². The second kappa shape index (κ2) is 8.19. The summed E-state index contributed by atoms with van der Waals surface area (Å²) in [5, 5.41) is 12.5. The van der Waals surface area contributed by atoms with Gasteiger partial charge in [-0.3, -0.25) is 4.79 Å². The van der Waals surface area contributed by atoms with Crippen molar-refractivity contribution in [1.82, 2.24) is 10.3 Å². The van der Waals surface area contributed by atoms with Crippen LogP contribution >= 0.6 is 11.8 Å². The molecule has 0 aliphatic heterocycles. The molecule has 0 aliphatic rings. The number of nitrogens with one attached hydrogen (secondary N) is 1. The summed E-state index contributed by atoms with van der Waals surface area (Å²) in [7, 11) is 0. The molecular formula is C16H16N2O3S. The largest absolute Gasteiger partial charge is 0.480 e. The van der Waals surface area contributed by atoms with Crippen molar-refractivity contribution in [2.75, 3.05) is 5.75 Å². The highest BCUT2D eigenvalue weighted by atomic mass is 32.2. The molecule has 0 aliphatic carbocycles. The number of hydrogen-bond acceptors (Lipinski definition) is 4. The molecule has 1 aromatic heterocycles. The lowest BCUT2D eigenvalue weighted by Crippen LogP contribution is -2.43. The van der Waals surface area contributed by atoms with Crippen molar-refractivity contribution >= 4 is 23.6 Å². The van der Waals surface area contributed by atoms with Crippen LogP contribution in [-0.4, -0.2) is 33.8 Å². The van der Waals surface area contributed by atoms with Gasteiger partial charge in [0.1, 0.15) is 6.04 Å². The lowest BCUT2D eigenvalue weighted by molar-refractivity contribution is -0.141. The summed E-state index contributed by atoms with van der Waals surface area (Å²) in [5.41, 5.74) is 0.849. The van der Waals surface area contributed by atoms with E-state index in [1.54, 1.807) is 18.3 Å². The van der Waals surface area contributed by atoms with Gasteiger partial charge in [0.2, 0.25) is 5.91 Å². The van der Waals surface area contributed by atoms with Gasteiger partial charge < -0.3 is 10.4 Å². The van der Waals surface area contributed by atoms with Crippen LogP contribution < -0.4 is 5.32 Å². The number of aliphatic carboxylic acids is 1. The number of pyridine rings is 1. The molecule has 0 saturated carbocycles. The number of benzene rings is 1. The Morgan fingerprint density at radius 2 is 1.86 bits per heavy atom. The van der Waals surface area contributed by atoms with Gasteiger partial charge in [0.15, 0.2) is 0 Å². The number of carbonyl (C=O) groups excluding carboxylic acids is 1. The molecule has 2 N–H and O–H groups in total. The summed E-state index contributed by atoms with van der Waals surface area (Å²) in [5.74, 6) is -1.13. The van der Waals surface area contributed by atoms with E-state index in [9.17, 15) is 14.7 Å². The van der Waals surface area contributed by atoms with Crippen molar-refractivity contribution in [3.63, 3.8) is 0 Å². The van der Waals surface area contributed by atoms with Crippen LogP contribution in [0.5, 0.6) is 0 Å². The van der Waals surface area contributed by atoms with E-state index in [4.69, 9.17) is 0 Å². The molecular weight excluding hydrogens is 300 g/mol. The molecule has 2 aromatic rings. The maximum absolute atomic E-state index is 11.9. The summed E-state index contributed by atoms with van der Waals surface area (Å²) in [6.45, 7) is 0. The normalized spacial score (nSPS) is 11.6. The fourth-order valence-electron chi connectivity index (χ4n) is 1.80. The highest BCUT2D eigenvalue weighted by Gasteiger charge is 2.20. The molecule has 1 atom stereocenters. The van der Waals surface area contributed by atoms with Gasteiger partial charge in [-0.1, -0.05) is 36.4 Å². The van der Waals surface area contributed by atoms with Crippen LogP contribution in [0.25, 0.3) is 0 Å². The fourth-order valence-corrected chi connectivity index (χ4v) is 2.68. The number of nitrogens with zero attached hydrogens (tertiary/aromatic N) is 1. The average molecular weight is 316 g/mol. The average Bonchev–Trinajstić information content (AvgIpc) is 2.53. The van der Waals surface area contributed by atoms with E-state index in [2.05, 4.69) is 10.3 Å². The molecule has 0 fully saturated rings. The SMILES string of the molecule is O=C(Cc1ccccc1)N[C@@H](CSc1ccccn1)C(=O)O. The molecule has 2 rings (SSSR count). The number of carboxylic acid groups (broad SMARTS) is 1. The molecule has 0 spiro atoms. The minimum atomic E-state index is -1.05. The summed E-state index contributed by atoms with van der Waals surface area (Å²) >= 11 is 1.30. The molecule has 114 valence electrons. The molecule has 1 heterocycles. The quantitative estimate of drug-likeness (QED) is 0.764. The molecule has 0 radical (unpaired) electrons. The first-order chi connectivity index (χ1) is 10.6. The van der Waals surface area contributed by atoms with Crippen LogP contribution in [0, 0.1) is 0 Å². The molecule has 22 heavy (non-hydrogen) atoms. The number of carboxylic acids is 1. The summed E-state index contributed by atoms with van der Waals surface area (Å²) in [6.07, 6.45) is 1.81. The third-order valence-electron chi connectivity index (χ3n) is 2.88. The lowest BCUT2D eigenvalue weighted by Gasteiger charge is -2.14. The van der Waals surface area contributed by atoms with E-state index >= 15 is 0 Å². The van der Waals surface area contributed by atoms with Crippen LogP contribution in [-0.2, 0) is 16.0 Å². The highest BCUT2D eigenvalue weighted by Crippen LogP contribution is 2.15. The van der Waals surface area contributed by atoms with E-state index in [-0.39, 0.29) is 18.1 Å². The number of aromatic nitrogens is 1. The first-order valence-electron chi connectivity index (χ1n) is 6.75. The molecule has 5 nitrogen and oxygen atoms in total. The van der Waals surface area contributed by atoms with E-state index < -0.39 is 12.0 Å². The van der Waals surface area contributed by atoms with E-state index in [1.165, 1.54) is 11.8 Å². The molecule has 0 unspecified atom stereocenters. The minimum Gasteiger partial charge on any atom is -0.480 e. The van der Waals surface area contributed by atoms with Gasteiger partial charge in [-0.2, -0.15) is 0 Å². The standard InChI is InChI=1S/C16H16N2O3S/c19-14(10-12-6-2-1-3-7-12)18-13(16(20)21)11-22-15-8-4-5-9-17-15/h1-9,13H,10-11H2,(H,18,19)(H,20,21)/t13-/m0/s1. The highest BCUT2D eigenvalue weighted by molar-refractivity contribution is 7.99. The Kier molecular flexibility index (Phi) is 5.97. The molecule has 6 heteroatoms. The van der Waals surface area contributed by atoms with Gasteiger partial charge in [0, 0.05) is 11.9 Å². The first-order valence-corrected chi connectivity index (χ1v) is 7.73. The first kappa shape index (κ1) is 16.0. The van der Waals surface area contributed by atoms with E-state index in [1.807, 2.05) is 36.4 Å². The topological polar surface area (TPSA) is 79.3 Å². The molecule has 0 bridgehead atoms.